The number of hydrogen-bond donors (Lipinski definition) is 0. The Labute approximate surface area is 98.4 Å². The third-order valence-corrected chi connectivity index (χ3v) is 2.46. The van der Waals surface area contributed by atoms with Crippen molar-refractivity contribution in [3.63, 3.8) is 0 Å². The zero-order chi connectivity index (χ0) is 11.4. The van der Waals surface area contributed by atoms with Gasteiger partial charge in [-0.1, -0.05) is 35.9 Å². The van der Waals surface area contributed by atoms with Crippen LogP contribution in [0.25, 0.3) is 0 Å². The fraction of sp³-hybridized carbons (Fsp3) is 0.0769. The van der Waals surface area contributed by atoms with Gasteiger partial charge in [-0.3, -0.25) is 0 Å². The van der Waals surface area contributed by atoms with Crippen molar-refractivity contribution in [2.24, 2.45) is 0 Å². The molecule has 82 valence electrons. The topological polar surface area (TPSA) is 9.23 Å². The van der Waals surface area contributed by atoms with Gasteiger partial charge < -0.3 is 4.74 Å². The van der Waals surface area contributed by atoms with Crippen LogP contribution >= 0.6 is 11.6 Å². The van der Waals surface area contributed by atoms with Crippen LogP contribution in [0.3, 0.4) is 0 Å². The molecule has 16 heavy (non-hydrogen) atoms. The van der Waals surface area contributed by atoms with Crippen LogP contribution in [0.15, 0.2) is 48.5 Å². The summed E-state index contributed by atoms with van der Waals surface area (Å²) in [4.78, 5) is 0. The van der Waals surface area contributed by atoms with E-state index in [1.54, 1.807) is 24.3 Å². The fourth-order valence-corrected chi connectivity index (χ4v) is 1.49. The minimum atomic E-state index is -0.249. The van der Waals surface area contributed by atoms with Crippen molar-refractivity contribution in [2.75, 3.05) is 0 Å². The zero-order valence-electron chi connectivity index (χ0n) is 8.49. The first-order valence-corrected chi connectivity index (χ1v) is 5.25. The van der Waals surface area contributed by atoms with Gasteiger partial charge >= 0.3 is 0 Å². The maximum atomic E-state index is 12.7. The van der Waals surface area contributed by atoms with Gasteiger partial charge in [0.1, 0.15) is 18.2 Å². The van der Waals surface area contributed by atoms with E-state index < -0.39 is 0 Å². The van der Waals surface area contributed by atoms with Crippen LogP contribution in [0.5, 0.6) is 5.75 Å². The zero-order valence-corrected chi connectivity index (χ0v) is 9.25. The molecule has 0 atom stereocenters. The molecule has 0 aromatic heterocycles. The molecule has 2 rings (SSSR count). The summed E-state index contributed by atoms with van der Waals surface area (Å²) >= 11 is 5.93. The van der Waals surface area contributed by atoms with E-state index in [4.69, 9.17) is 16.3 Å². The Morgan fingerprint density at radius 2 is 1.69 bits per heavy atom. The number of benzene rings is 2. The SMILES string of the molecule is Fc1ccc(COc2ccccc2Cl)cc1. The van der Waals surface area contributed by atoms with E-state index in [1.165, 1.54) is 12.1 Å². The van der Waals surface area contributed by atoms with E-state index >= 15 is 0 Å². The summed E-state index contributed by atoms with van der Waals surface area (Å²) in [6, 6.07) is 13.4. The van der Waals surface area contributed by atoms with E-state index in [9.17, 15) is 4.39 Å². The smallest absolute Gasteiger partial charge is 0.138 e. The normalized spacial score (nSPS) is 10.1. The Morgan fingerprint density at radius 3 is 2.38 bits per heavy atom. The molecule has 0 radical (unpaired) electrons. The van der Waals surface area contributed by atoms with Crippen molar-refractivity contribution in [1.29, 1.82) is 0 Å². The van der Waals surface area contributed by atoms with Gasteiger partial charge in [0.2, 0.25) is 0 Å². The second-order valence-corrected chi connectivity index (χ2v) is 3.75. The first-order valence-electron chi connectivity index (χ1n) is 4.87. The summed E-state index contributed by atoms with van der Waals surface area (Å²) in [7, 11) is 0. The van der Waals surface area contributed by atoms with Gasteiger partial charge in [0, 0.05) is 0 Å². The molecule has 3 heteroatoms. The molecule has 0 aliphatic rings. The molecule has 0 amide bonds. The van der Waals surface area contributed by atoms with Gasteiger partial charge in [-0.2, -0.15) is 0 Å². The summed E-state index contributed by atoms with van der Waals surface area (Å²) in [6.45, 7) is 0.379. The molecule has 0 unspecified atom stereocenters. The van der Waals surface area contributed by atoms with Crippen LogP contribution in [-0.2, 0) is 6.61 Å². The Balaban J connectivity index is 2.02. The Kier molecular flexibility index (Phi) is 3.42. The Hall–Kier alpha value is -1.54. The molecular weight excluding hydrogens is 227 g/mol. The van der Waals surface area contributed by atoms with Gasteiger partial charge in [0.05, 0.1) is 5.02 Å². The van der Waals surface area contributed by atoms with Crippen molar-refractivity contribution in [2.45, 2.75) is 6.61 Å². The lowest BCUT2D eigenvalue weighted by molar-refractivity contribution is 0.306. The molecule has 0 saturated heterocycles. The van der Waals surface area contributed by atoms with Crippen molar-refractivity contribution in [1.82, 2.24) is 0 Å². The molecule has 2 aromatic rings. The molecule has 0 N–H and O–H groups in total. The lowest BCUT2D eigenvalue weighted by atomic mass is 10.2. The predicted molar refractivity (Wildman–Crippen MR) is 62.2 cm³/mol. The van der Waals surface area contributed by atoms with Crippen LogP contribution in [0.2, 0.25) is 5.02 Å². The summed E-state index contributed by atoms with van der Waals surface area (Å²) in [6.07, 6.45) is 0. The average molecular weight is 237 g/mol. The van der Waals surface area contributed by atoms with Crippen LogP contribution in [-0.4, -0.2) is 0 Å². The number of para-hydroxylation sites is 1. The molecule has 0 heterocycles. The van der Waals surface area contributed by atoms with Crippen LogP contribution < -0.4 is 4.74 Å². The van der Waals surface area contributed by atoms with Gasteiger partial charge in [-0.15, -0.1) is 0 Å². The highest BCUT2D eigenvalue weighted by Gasteiger charge is 2.00. The first-order chi connectivity index (χ1) is 7.75. The highest BCUT2D eigenvalue weighted by molar-refractivity contribution is 6.32. The first kappa shape index (κ1) is 11.0. The summed E-state index contributed by atoms with van der Waals surface area (Å²) in [5.74, 6) is 0.384. The van der Waals surface area contributed by atoms with Crippen LogP contribution in [0.4, 0.5) is 4.39 Å². The predicted octanol–water partition coefficient (Wildman–Crippen LogP) is 4.06. The van der Waals surface area contributed by atoms with E-state index in [1.807, 2.05) is 12.1 Å². The molecule has 1 nitrogen and oxygen atoms in total. The lowest BCUT2D eigenvalue weighted by Gasteiger charge is -2.07. The van der Waals surface area contributed by atoms with Crippen molar-refractivity contribution in [3.05, 3.63) is 64.9 Å². The Morgan fingerprint density at radius 1 is 1.00 bits per heavy atom. The highest BCUT2D eigenvalue weighted by Crippen LogP contribution is 2.23. The molecular formula is C13H10ClFO. The molecule has 0 bridgehead atoms. The molecule has 0 spiro atoms. The Bertz CT molecular complexity index is 468. The fourth-order valence-electron chi connectivity index (χ4n) is 1.30. The maximum absolute atomic E-state index is 12.7. The maximum Gasteiger partial charge on any atom is 0.138 e. The minimum absolute atomic E-state index is 0.249. The van der Waals surface area contributed by atoms with Crippen molar-refractivity contribution in [3.8, 4) is 5.75 Å². The van der Waals surface area contributed by atoms with Gasteiger partial charge in [0.15, 0.2) is 0 Å². The quantitative estimate of drug-likeness (QED) is 0.781. The standard InChI is InChI=1S/C13H10ClFO/c14-12-3-1-2-4-13(12)16-9-10-5-7-11(15)8-6-10/h1-8H,9H2. The summed E-state index contributed by atoms with van der Waals surface area (Å²) in [5, 5.41) is 0.574. The number of hydrogen-bond acceptors (Lipinski definition) is 1. The molecule has 0 fully saturated rings. The number of ether oxygens (including phenoxy) is 1. The van der Waals surface area contributed by atoms with Gasteiger partial charge in [-0.25, -0.2) is 4.39 Å². The lowest BCUT2D eigenvalue weighted by Crippen LogP contribution is -1.95. The largest absolute Gasteiger partial charge is 0.487 e. The monoisotopic (exact) mass is 236 g/mol. The van der Waals surface area contributed by atoms with E-state index in [0.29, 0.717) is 17.4 Å². The van der Waals surface area contributed by atoms with Crippen LogP contribution in [0, 0.1) is 5.82 Å². The number of halogens is 2. The summed E-state index contributed by atoms with van der Waals surface area (Å²) in [5.41, 5.74) is 0.904. The second kappa shape index (κ2) is 4.99. The van der Waals surface area contributed by atoms with E-state index in [-0.39, 0.29) is 5.82 Å². The van der Waals surface area contributed by atoms with E-state index in [2.05, 4.69) is 0 Å². The van der Waals surface area contributed by atoms with Crippen molar-refractivity contribution >= 4 is 11.6 Å². The second-order valence-electron chi connectivity index (χ2n) is 3.35. The summed E-state index contributed by atoms with van der Waals surface area (Å²) < 4.78 is 18.2. The number of rotatable bonds is 3. The molecule has 2 aromatic carbocycles. The van der Waals surface area contributed by atoms with Crippen LogP contribution in [0.1, 0.15) is 5.56 Å². The highest BCUT2D eigenvalue weighted by atomic mass is 35.5. The van der Waals surface area contributed by atoms with E-state index in [0.717, 1.165) is 5.56 Å². The molecule has 0 saturated carbocycles. The van der Waals surface area contributed by atoms with Crippen molar-refractivity contribution < 1.29 is 9.13 Å². The third-order valence-electron chi connectivity index (χ3n) is 2.14. The molecule has 0 aliphatic heterocycles. The van der Waals surface area contributed by atoms with Gasteiger partial charge in [-0.05, 0) is 29.8 Å². The third kappa shape index (κ3) is 2.74. The van der Waals surface area contributed by atoms with Gasteiger partial charge in [0.25, 0.3) is 0 Å². The average Bonchev–Trinajstić information content (AvgIpc) is 2.30. The molecule has 0 aliphatic carbocycles. The minimum Gasteiger partial charge on any atom is -0.487 e.